The van der Waals surface area contributed by atoms with E-state index in [1.165, 1.54) is 6.26 Å². The second kappa shape index (κ2) is 5.36. The predicted molar refractivity (Wildman–Crippen MR) is 73.6 cm³/mol. The minimum Gasteiger partial charge on any atom is -0.283 e. The summed E-state index contributed by atoms with van der Waals surface area (Å²) in [4.78, 5) is 0. The van der Waals surface area contributed by atoms with Crippen LogP contribution < -0.4 is 4.72 Å². The topological polar surface area (TPSA) is 46.2 Å². The highest BCUT2D eigenvalue weighted by atomic mass is 32.2. The van der Waals surface area contributed by atoms with Gasteiger partial charge in [0.25, 0.3) is 0 Å². The van der Waals surface area contributed by atoms with Gasteiger partial charge in [-0.05, 0) is 31.4 Å². The average molecular weight is 253 g/mol. The van der Waals surface area contributed by atoms with Gasteiger partial charge in [-0.15, -0.1) is 0 Å². The van der Waals surface area contributed by atoms with Crippen molar-refractivity contribution in [1.82, 2.24) is 0 Å². The van der Waals surface area contributed by atoms with Crippen molar-refractivity contribution < 1.29 is 8.42 Å². The van der Waals surface area contributed by atoms with E-state index >= 15 is 0 Å². The Labute approximate surface area is 104 Å². The molecule has 0 bridgehead atoms. The van der Waals surface area contributed by atoms with Crippen LogP contribution in [0.3, 0.4) is 0 Å². The number of sulfonamides is 1. The maximum Gasteiger partial charge on any atom is 0.229 e. The van der Waals surface area contributed by atoms with Gasteiger partial charge in [0.05, 0.1) is 11.9 Å². The number of allylic oxidation sites excluding steroid dienone is 2. The van der Waals surface area contributed by atoms with Crippen LogP contribution in [0.5, 0.6) is 0 Å². The molecular formula is C13H19NO2S. The molecule has 94 valence electrons. The van der Waals surface area contributed by atoms with E-state index in [4.69, 9.17) is 0 Å². The van der Waals surface area contributed by atoms with Crippen LogP contribution in [0.15, 0.2) is 24.3 Å². The average Bonchev–Trinajstić information content (AvgIpc) is 2.19. The smallest absolute Gasteiger partial charge is 0.229 e. The first-order valence-electron chi connectivity index (χ1n) is 5.59. The molecule has 0 unspecified atom stereocenters. The van der Waals surface area contributed by atoms with Crippen molar-refractivity contribution in [3.8, 4) is 0 Å². The van der Waals surface area contributed by atoms with Crippen molar-refractivity contribution in [2.24, 2.45) is 0 Å². The van der Waals surface area contributed by atoms with Gasteiger partial charge in [0.15, 0.2) is 0 Å². The van der Waals surface area contributed by atoms with Crippen LogP contribution in [-0.4, -0.2) is 14.7 Å². The van der Waals surface area contributed by atoms with Gasteiger partial charge in [0.1, 0.15) is 0 Å². The fourth-order valence-electron chi connectivity index (χ4n) is 1.73. The molecule has 1 aromatic carbocycles. The molecule has 0 radical (unpaired) electrons. The summed E-state index contributed by atoms with van der Waals surface area (Å²) in [5.74, 6) is 0. The summed E-state index contributed by atoms with van der Waals surface area (Å²) >= 11 is 0. The zero-order valence-electron chi connectivity index (χ0n) is 10.7. The molecule has 0 spiro atoms. The van der Waals surface area contributed by atoms with Crippen molar-refractivity contribution in [3.63, 3.8) is 0 Å². The number of nitrogens with one attached hydrogen (secondary N) is 1. The Bertz CT molecular complexity index is 530. The van der Waals surface area contributed by atoms with Crippen molar-refractivity contribution >= 4 is 21.3 Å². The van der Waals surface area contributed by atoms with Gasteiger partial charge in [-0.2, -0.15) is 0 Å². The van der Waals surface area contributed by atoms with Crippen LogP contribution in [0.2, 0.25) is 0 Å². The van der Waals surface area contributed by atoms with Gasteiger partial charge in [0, 0.05) is 5.56 Å². The lowest BCUT2D eigenvalue weighted by molar-refractivity contribution is 0.606. The van der Waals surface area contributed by atoms with Gasteiger partial charge in [-0.1, -0.05) is 31.2 Å². The zero-order valence-corrected chi connectivity index (χ0v) is 11.6. The molecule has 17 heavy (non-hydrogen) atoms. The molecule has 0 aliphatic heterocycles. The van der Waals surface area contributed by atoms with E-state index in [0.29, 0.717) is 5.69 Å². The number of para-hydroxylation sites is 1. The molecule has 0 aliphatic rings. The van der Waals surface area contributed by atoms with E-state index in [9.17, 15) is 8.42 Å². The lowest BCUT2D eigenvalue weighted by atomic mass is 10.0. The molecule has 1 aromatic rings. The van der Waals surface area contributed by atoms with E-state index in [2.05, 4.69) is 17.7 Å². The number of benzene rings is 1. The largest absolute Gasteiger partial charge is 0.283 e. The maximum atomic E-state index is 11.4. The first-order valence-corrected chi connectivity index (χ1v) is 7.49. The molecule has 0 fully saturated rings. The van der Waals surface area contributed by atoms with Crippen molar-refractivity contribution in [2.75, 3.05) is 11.0 Å². The quantitative estimate of drug-likeness (QED) is 0.895. The van der Waals surface area contributed by atoms with E-state index < -0.39 is 10.0 Å². The number of anilines is 1. The second-order valence-electron chi connectivity index (χ2n) is 4.17. The van der Waals surface area contributed by atoms with E-state index in [1.807, 2.05) is 32.0 Å². The molecule has 0 saturated carbocycles. The van der Waals surface area contributed by atoms with Gasteiger partial charge in [-0.3, -0.25) is 4.72 Å². The minimum atomic E-state index is -3.25. The maximum absolute atomic E-state index is 11.4. The fraction of sp³-hybridized carbons (Fsp3) is 0.385. The van der Waals surface area contributed by atoms with Crippen molar-refractivity contribution in [3.05, 3.63) is 35.4 Å². The predicted octanol–water partition coefficient (Wildman–Crippen LogP) is 3.18. The Morgan fingerprint density at radius 3 is 2.59 bits per heavy atom. The second-order valence-corrected chi connectivity index (χ2v) is 5.92. The Morgan fingerprint density at radius 2 is 2.06 bits per heavy atom. The molecule has 3 nitrogen and oxygen atoms in total. The molecule has 0 aromatic heterocycles. The van der Waals surface area contributed by atoms with Crippen LogP contribution in [0, 0.1) is 6.92 Å². The summed E-state index contributed by atoms with van der Waals surface area (Å²) in [5.41, 5.74) is 3.63. The molecule has 1 rings (SSSR count). The number of aryl methyl sites for hydroxylation is 1. The lowest BCUT2D eigenvalue weighted by Crippen LogP contribution is -2.12. The highest BCUT2D eigenvalue weighted by Gasteiger charge is 2.10. The van der Waals surface area contributed by atoms with Crippen molar-refractivity contribution in [1.29, 1.82) is 0 Å². The normalized spacial score (nSPS) is 12.6. The van der Waals surface area contributed by atoms with Crippen LogP contribution in [0.4, 0.5) is 5.69 Å². The number of rotatable bonds is 4. The lowest BCUT2D eigenvalue weighted by Gasteiger charge is -2.14. The summed E-state index contributed by atoms with van der Waals surface area (Å²) in [5, 5.41) is 0. The third-order valence-corrected chi connectivity index (χ3v) is 3.07. The molecule has 0 heterocycles. The van der Waals surface area contributed by atoms with Gasteiger partial charge in [-0.25, -0.2) is 8.42 Å². The highest BCUT2D eigenvalue weighted by molar-refractivity contribution is 7.92. The summed E-state index contributed by atoms with van der Waals surface area (Å²) < 4.78 is 25.3. The Hall–Kier alpha value is -1.29. The Balaban J connectivity index is 3.32. The summed E-state index contributed by atoms with van der Waals surface area (Å²) in [6, 6.07) is 5.77. The summed E-state index contributed by atoms with van der Waals surface area (Å²) in [7, 11) is -3.25. The van der Waals surface area contributed by atoms with Crippen LogP contribution in [-0.2, 0) is 10.0 Å². The first kappa shape index (κ1) is 13.8. The third-order valence-electron chi connectivity index (χ3n) is 2.50. The summed E-state index contributed by atoms with van der Waals surface area (Å²) in [6.07, 6.45) is 4.18. The minimum absolute atomic E-state index is 0.678. The van der Waals surface area contributed by atoms with Crippen LogP contribution in [0.25, 0.3) is 5.57 Å². The molecule has 1 N–H and O–H groups in total. The van der Waals surface area contributed by atoms with Gasteiger partial charge >= 0.3 is 0 Å². The van der Waals surface area contributed by atoms with Gasteiger partial charge < -0.3 is 0 Å². The van der Waals surface area contributed by atoms with Gasteiger partial charge in [0.2, 0.25) is 10.0 Å². The van der Waals surface area contributed by atoms with Crippen LogP contribution in [0.1, 0.15) is 31.4 Å². The zero-order chi connectivity index (χ0) is 13.1. The number of hydrogen-bond donors (Lipinski definition) is 1. The van der Waals surface area contributed by atoms with Crippen LogP contribution >= 0.6 is 0 Å². The molecule has 0 atom stereocenters. The van der Waals surface area contributed by atoms with E-state index in [0.717, 1.165) is 23.1 Å². The molecule has 4 heteroatoms. The Morgan fingerprint density at radius 1 is 1.41 bits per heavy atom. The summed E-state index contributed by atoms with van der Waals surface area (Å²) in [6.45, 7) is 5.95. The van der Waals surface area contributed by atoms with Crippen molar-refractivity contribution in [2.45, 2.75) is 27.2 Å². The van der Waals surface area contributed by atoms with E-state index in [-0.39, 0.29) is 0 Å². The molecular weight excluding hydrogens is 234 g/mol. The third kappa shape index (κ3) is 3.89. The molecule has 0 saturated heterocycles. The highest BCUT2D eigenvalue weighted by Crippen LogP contribution is 2.27. The monoisotopic (exact) mass is 253 g/mol. The standard InChI is InChI=1S/C13H19NO2S/c1-5-7-10(2)12-9-6-8-11(3)13(12)14-17(4,15)16/h6-9,14H,5H2,1-4H3. The molecule has 0 aliphatic carbocycles. The molecule has 0 amide bonds. The Kier molecular flexibility index (Phi) is 4.34. The fourth-order valence-corrected chi connectivity index (χ4v) is 2.38. The van der Waals surface area contributed by atoms with E-state index in [1.54, 1.807) is 0 Å². The first-order chi connectivity index (χ1) is 7.85. The number of hydrogen-bond acceptors (Lipinski definition) is 2. The SMILES string of the molecule is CCC=C(C)c1cccc(C)c1NS(C)(=O)=O.